The normalized spacial score (nSPS) is 18.8. The van der Waals surface area contributed by atoms with Crippen LogP contribution in [0.1, 0.15) is 25.7 Å². The lowest BCUT2D eigenvalue weighted by atomic mass is 10.1. The minimum atomic E-state index is -0.394. The highest BCUT2D eigenvalue weighted by molar-refractivity contribution is 9.10. The third-order valence-corrected chi connectivity index (χ3v) is 3.79. The van der Waals surface area contributed by atoms with Gasteiger partial charge in [0.1, 0.15) is 0 Å². The van der Waals surface area contributed by atoms with Gasteiger partial charge >= 0.3 is 5.69 Å². The predicted octanol–water partition coefficient (Wildman–Crippen LogP) is 2.49. The molecule has 0 radical (unpaired) electrons. The van der Waals surface area contributed by atoms with E-state index in [0.29, 0.717) is 16.7 Å². The number of aromatic nitrogens is 1. The molecule has 6 nitrogen and oxygen atoms in total. The molecule has 0 saturated carbocycles. The van der Waals surface area contributed by atoms with Crippen LogP contribution in [0.15, 0.2) is 16.7 Å². The van der Waals surface area contributed by atoms with Crippen molar-refractivity contribution in [1.29, 1.82) is 0 Å². The van der Waals surface area contributed by atoms with Crippen LogP contribution < -0.4 is 4.90 Å². The Morgan fingerprint density at radius 3 is 3.11 bits per heavy atom. The number of halogens is 1. The van der Waals surface area contributed by atoms with Crippen LogP contribution in [0.25, 0.3) is 0 Å². The topological polar surface area (TPSA) is 79.5 Å². The molecule has 1 N–H and O–H groups in total. The minimum absolute atomic E-state index is 0.0327. The molecular formula is C12H16BrN3O3. The van der Waals surface area contributed by atoms with Gasteiger partial charge in [-0.25, -0.2) is 4.98 Å². The van der Waals surface area contributed by atoms with Crippen molar-refractivity contribution in [3.8, 4) is 0 Å². The van der Waals surface area contributed by atoms with E-state index in [-0.39, 0.29) is 18.3 Å². The van der Waals surface area contributed by atoms with Gasteiger partial charge in [-0.05, 0) is 41.6 Å². The fraction of sp³-hybridized carbons (Fsp3) is 0.583. The zero-order valence-corrected chi connectivity index (χ0v) is 12.0. The Morgan fingerprint density at radius 2 is 2.42 bits per heavy atom. The molecule has 0 aromatic carbocycles. The van der Waals surface area contributed by atoms with Crippen LogP contribution in [0.4, 0.5) is 11.5 Å². The third kappa shape index (κ3) is 3.22. The Morgan fingerprint density at radius 1 is 1.63 bits per heavy atom. The van der Waals surface area contributed by atoms with Crippen molar-refractivity contribution in [1.82, 2.24) is 4.98 Å². The molecular weight excluding hydrogens is 314 g/mol. The van der Waals surface area contributed by atoms with Crippen LogP contribution in [0.5, 0.6) is 0 Å². The van der Waals surface area contributed by atoms with E-state index >= 15 is 0 Å². The van der Waals surface area contributed by atoms with Gasteiger partial charge in [0.2, 0.25) is 5.82 Å². The molecule has 2 heterocycles. The van der Waals surface area contributed by atoms with Crippen molar-refractivity contribution in [3.63, 3.8) is 0 Å². The van der Waals surface area contributed by atoms with Gasteiger partial charge in [-0.15, -0.1) is 0 Å². The minimum Gasteiger partial charge on any atom is -0.396 e. The van der Waals surface area contributed by atoms with Crippen LogP contribution in [0, 0.1) is 10.1 Å². The van der Waals surface area contributed by atoms with E-state index in [0.717, 1.165) is 25.8 Å². The highest BCUT2D eigenvalue weighted by Crippen LogP contribution is 2.34. The quantitative estimate of drug-likeness (QED) is 0.663. The summed E-state index contributed by atoms with van der Waals surface area (Å²) in [4.78, 5) is 17.0. The van der Waals surface area contributed by atoms with Gasteiger partial charge in [0.15, 0.2) is 0 Å². The van der Waals surface area contributed by atoms with Gasteiger partial charge in [0.05, 0.1) is 4.92 Å². The Balaban J connectivity index is 2.27. The molecule has 0 bridgehead atoms. The molecule has 1 atom stereocenters. The second-order valence-corrected chi connectivity index (χ2v) is 5.52. The molecule has 0 aliphatic carbocycles. The average Bonchev–Trinajstić information content (AvgIpc) is 2.84. The number of aliphatic hydroxyl groups is 1. The van der Waals surface area contributed by atoms with Gasteiger partial charge in [-0.1, -0.05) is 0 Å². The van der Waals surface area contributed by atoms with E-state index in [9.17, 15) is 10.1 Å². The van der Waals surface area contributed by atoms with E-state index in [1.165, 1.54) is 6.07 Å². The van der Waals surface area contributed by atoms with Crippen LogP contribution >= 0.6 is 15.9 Å². The molecule has 1 fully saturated rings. The first-order valence-electron chi connectivity index (χ1n) is 6.31. The second kappa shape index (κ2) is 6.29. The molecule has 19 heavy (non-hydrogen) atoms. The van der Waals surface area contributed by atoms with Crippen molar-refractivity contribution in [2.24, 2.45) is 0 Å². The van der Waals surface area contributed by atoms with E-state index in [4.69, 9.17) is 5.11 Å². The standard InChI is InChI=1S/C12H16BrN3O3/c13-9-7-11(16(18)19)12(14-8-9)15-5-1-3-10(15)4-2-6-17/h7-8,10,17H,1-6H2. The molecule has 1 aliphatic rings. The third-order valence-electron chi connectivity index (χ3n) is 3.36. The zero-order valence-electron chi connectivity index (χ0n) is 10.5. The van der Waals surface area contributed by atoms with E-state index in [2.05, 4.69) is 20.9 Å². The van der Waals surface area contributed by atoms with Crippen molar-refractivity contribution in [2.45, 2.75) is 31.7 Å². The summed E-state index contributed by atoms with van der Waals surface area (Å²) in [7, 11) is 0. The van der Waals surface area contributed by atoms with Crippen molar-refractivity contribution in [3.05, 3.63) is 26.9 Å². The first kappa shape index (κ1) is 14.2. The summed E-state index contributed by atoms with van der Waals surface area (Å²) < 4.78 is 0.606. The Hall–Kier alpha value is -1.21. The molecule has 2 rings (SSSR count). The van der Waals surface area contributed by atoms with Crippen molar-refractivity contribution < 1.29 is 10.0 Å². The molecule has 0 spiro atoms. The van der Waals surface area contributed by atoms with Gasteiger partial charge in [-0.2, -0.15) is 0 Å². The number of rotatable bonds is 5. The van der Waals surface area contributed by atoms with Crippen LogP contribution in [-0.4, -0.2) is 34.2 Å². The number of anilines is 1. The molecule has 7 heteroatoms. The molecule has 1 aromatic heterocycles. The summed E-state index contributed by atoms with van der Waals surface area (Å²) in [5, 5.41) is 20.0. The Labute approximate surface area is 119 Å². The molecule has 1 saturated heterocycles. The monoisotopic (exact) mass is 329 g/mol. The van der Waals surface area contributed by atoms with Crippen LogP contribution in [-0.2, 0) is 0 Å². The fourth-order valence-corrected chi connectivity index (χ4v) is 2.84. The summed E-state index contributed by atoms with van der Waals surface area (Å²) in [6.45, 7) is 0.936. The molecule has 104 valence electrons. The van der Waals surface area contributed by atoms with Gasteiger partial charge < -0.3 is 10.0 Å². The molecule has 1 unspecified atom stereocenters. The maximum atomic E-state index is 11.1. The lowest BCUT2D eigenvalue weighted by Gasteiger charge is -2.25. The number of hydrogen-bond acceptors (Lipinski definition) is 5. The Bertz CT molecular complexity index is 470. The van der Waals surface area contributed by atoms with Crippen LogP contribution in [0.2, 0.25) is 0 Å². The number of hydrogen-bond donors (Lipinski definition) is 1. The number of nitro groups is 1. The molecule has 0 amide bonds. The Kier molecular flexibility index (Phi) is 4.71. The smallest absolute Gasteiger partial charge is 0.312 e. The maximum Gasteiger partial charge on any atom is 0.312 e. The van der Waals surface area contributed by atoms with Gasteiger partial charge in [0.25, 0.3) is 0 Å². The highest BCUT2D eigenvalue weighted by Gasteiger charge is 2.30. The fourth-order valence-electron chi connectivity index (χ4n) is 2.52. The summed E-state index contributed by atoms with van der Waals surface area (Å²) >= 11 is 3.21. The first-order chi connectivity index (χ1) is 9.13. The predicted molar refractivity (Wildman–Crippen MR) is 75.3 cm³/mol. The lowest BCUT2D eigenvalue weighted by Crippen LogP contribution is -2.30. The number of nitrogens with zero attached hydrogens (tertiary/aromatic N) is 3. The number of aliphatic hydroxyl groups excluding tert-OH is 1. The summed E-state index contributed by atoms with van der Waals surface area (Å²) in [6, 6.07) is 1.73. The summed E-state index contributed by atoms with van der Waals surface area (Å²) in [6.07, 6.45) is 5.14. The van der Waals surface area contributed by atoms with Gasteiger partial charge in [-0.3, -0.25) is 10.1 Å². The van der Waals surface area contributed by atoms with Crippen molar-refractivity contribution in [2.75, 3.05) is 18.1 Å². The first-order valence-corrected chi connectivity index (χ1v) is 7.10. The van der Waals surface area contributed by atoms with Crippen molar-refractivity contribution >= 4 is 27.4 Å². The average molecular weight is 330 g/mol. The lowest BCUT2D eigenvalue weighted by molar-refractivity contribution is -0.384. The summed E-state index contributed by atoms with van der Waals surface area (Å²) in [5.41, 5.74) is 0.0327. The zero-order chi connectivity index (χ0) is 13.8. The number of pyridine rings is 1. The van der Waals surface area contributed by atoms with E-state index < -0.39 is 4.92 Å². The second-order valence-electron chi connectivity index (χ2n) is 4.61. The maximum absolute atomic E-state index is 11.1. The van der Waals surface area contributed by atoms with Crippen LogP contribution in [0.3, 0.4) is 0 Å². The van der Waals surface area contributed by atoms with E-state index in [1.54, 1.807) is 6.20 Å². The van der Waals surface area contributed by atoms with E-state index in [1.807, 2.05) is 4.90 Å². The highest BCUT2D eigenvalue weighted by atomic mass is 79.9. The summed E-state index contributed by atoms with van der Waals surface area (Å²) in [5.74, 6) is 0.439. The largest absolute Gasteiger partial charge is 0.396 e. The molecule has 1 aromatic rings. The molecule has 1 aliphatic heterocycles. The SMILES string of the molecule is O=[N+]([O-])c1cc(Br)cnc1N1CCCC1CCCO. The van der Waals surface area contributed by atoms with Gasteiger partial charge in [0, 0.05) is 35.9 Å².